The Balaban J connectivity index is 1.58. The van der Waals surface area contributed by atoms with Crippen molar-refractivity contribution in [3.63, 3.8) is 0 Å². The van der Waals surface area contributed by atoms with Crippen molar-refractivity contribution in [1.29, 1.82) is 0 Å². The van der Waals surface area contributed by atoms with E-state index in [-0.39, 0.29) is 11.7 Å². The molecule has 1 N–H and O–H groups in total. The van der Waals surface area contributed by atoms with Gasteiger partial charge in [0.05, 0.1) is 13.7 Å². The second-order valence-electron chi connectivity index (χ2n) is 5.59. The molecular formula is C20H18FN3O2. The Hall–Kier alpha value is -3.41. The maximum atomic E-state index is 13.7. The predicted molar refractivity (Wildman–Crippen MR) is 98.4 cm³/mol. The molecule has 1 amide bonds. The average Bonchev–Trinajstić information content (AvgIpc) is 3.09. The second-order valence-corrected chi connectivity index (χ2v) is 5.59. The van der Waals surface area contributed by atoms with Crippen LogP contribution in [0.15, 0.2) is 66.9 Å². The molecule has 0 fully saturated rings. The predicted octanol–water partition coefficient (Wildman–Crippen LogP) is 3.73. The van der Waals surface area contributed by atoms with Crippen LogP contribution in [0.5, 0.6) is 5.75 Å². The number of benzene rings is 2. The van der Waals surface area contributed by atoms with Gasteiger partial charge in [0.1, 0.15) is 11.6 Å². The fourth-order valence-electron chi connectivity index (χ4n) is 2.37. The Labute approximate surface area is 150 Å². The monoisotopic (exact) mass is 351 g/mol. The van der Waals surface area contributed by atoms with Crippen LogP contribution in [0, 0.1) is 5.82 Å². The number of rotatable bonds is 6. The first-order valence-corrected chi connectivity index (χ1v) is 8.04. The van der Waals surface area contributed by atoms with Crippen LogP contribution in [0.2, 0.25) is 0 Å². The number of anilines is 1. The number of carbonyl (C=O) groups excluding carboxylic acids is 1. The molecule has 0 saturated carbocycles. The van der Waals surface area contributed by atoms with E-state index in [9.17, 15) is 9.18 Å². The van der Waals surface area contributed by atoms with E-state index in [1.807, 2.05) is 24.3 Å². The lowest BCUT2D eigenvalue weighted by molar-refractivity contribution is -0.111. The number of halogens is 1. The van der Waals surface area contributed by atoms with Gasteiger partial charge in [-0.3, -0.25) is 9.48 Å². The fourth-order valence-corrected chi connectivity index (χ4v) is 2.37. The van der Waals surface area contributed by atoms with Gasteiger partial charge in [0.25, 0.3) is 0 Å². The number of nitrogens with zero attached hydrogens (tertiary/aromatic N) is 2. The molecule has 0 atom stereocenters. The number of nitrogens with one attached hydrogen (secondary N) is 1. The lowest BCUT2D eigenvalue weighted by atomic mass is 10.2. The number of hydrogen-bond donors (Lipinski definition) is 1. The van der Waals surface area contributed by atoms with Crippen LogP contribution in [0.25, 0.3) is 6.08 Å². The number of methoxy groups -OCH3 is 1. The number of hydrogen-bond acceptors (Lipinski definition) is 3. The zero-order valence-corrected chi connectivity index (χ0v) is 14.2. The van der Waals surface area contributed by atoms with Crippen molar-refractivity contribution in [1.82, 2.24) is 9.78 Å². The molecule has 1 heterocycles. The molecule has 3 rings (SSSR count). The summed E-state index contributed by atoms with van der Waals surface area (Å²) in [5.74, 6) is 0.589. The Bertz CT molecular complexity index is 917. The standard InChI is InChI=1S/C20H18FN3O2/c1-26-17-9-6-15(7-10-17)8-11-20(25)22-19-12-13-24(23-19)14-16-4-2-3-5-18(16)21/h2-13H,14H2,1H3,(H,22,23,25)/b11-8+. The maximum absolute atomic E-state index is 13.7. The first kappa shape index (κ1) is 17.4. The highest BCUT2D eigenvalue weighted by atomic mass is 19.1. The van der Waals surface area contributed by atoms with Crippen molar-refractivity contribution in [3.05, 3.63) is 83.8 Å². The second kappa shape index (κ2) is 8.11. The van der Waals surface area contributed by atoms with Crippen LogP contribution in [0.3, 0.4) is 0 Å². The Morgan fingerprint density at radius 1 is 1.19 bits per heavy atom. The van der Waals surface area contributed by atoms with Gasteiger partial charge in [-0.15, -0.1) is 0 Å². The minimum absolute atomic E-state index is 0.281. The number of carbonyl (C=O) groups is 1. The van der Waals surface area contributed by atoms with E-state index in [1.165, 1.54) is 12.1 Å². The van der Waals surface area contributed by atoms with Crippen LogP contribution in [-0.4, -0.2) is 22.8 Å². The summed E-state index contributed by atoms with van der Waals surface area (Å²) in [6, 6.07) is 15.5. The van der Waals surface area contributed by atoms with Gasteiger partial charge in [0, 0.05) is 23.9 Å². The van der Waals surface area contributed by atoms with Crippen LogP contribution < -0.4 is 10.1 Å². The third-order valence-corrected chi connectivity index (χ3v) is 3.73. The molecule has 6 heteroatoms. The molecule has 0 aliphatic heterocycles. The van der Waals surface area contributed by atoms with Crippen LogP contribution in [0.1, 0.15) is 11.1 Å². The zero-order chi connectivity index (χ0) is 18.4. The molecule has 0 bridgehead atoms. The number of ether oxygens (including phenoxy) is 1. The van der Waals surface area contributed by atoms with Gasteiger partial charge in [-0.2, -0.15) is 5.10 Å². The molecule has 0 radical (unpaired) electrons. The van der Waals surface area contributed by atoms with E-state index in [0.29, 0.717) is 17.9 Å². The summed E-state index contributed by atoms with van der Waals surface area (Å²) in [5, 5.41) is 6.91. The molecule has 1 aromatic heterocycles. The van der Waals surface area contributed by atoms with Crippen LogP contribution >= 0.6 is 0 Å². The van der Waals surface area contributed by atoms with Crippen molar-refractivity contribution in [2.45, 2.75) is 6.54 Å². The van der Waals surface area contributed by atoms with E-state index < -0.39 is 0 Å². The largest absolute Gasteiger partial charge is 0.497 e. The first-order chi connectivity index (χ1) is 12.6. The van der Waals surface area contributed by atoms with Gasteiger partial charge in [-0.25, -0.2) is 4.39 Å². The van der Waals surface area contributed by atoms with Gasteiger partial charge in [-0.1, -0.05) is 30.3 Å². The van der Waals surface area contributed by atoms with Crippen molar-refractivity contribution in [2.24, 2.45) is 0 Å². The molecule has 2 aromatic carbocycles. The minimum atomic E-state index is -0.294. The van der Waals surface area contributed by atoms with Gasteiger partial charge >= 0.3 is 0 Å². The average molecular weight is 351 g/mol. The molecule has 132 valence electrons. The third kappa shape index (κ3) is 4.57. The highest BCUT2D eigenvalue weighted by Crippen LogP contribution is 2.13. The van der Waals surface area contributed by atoms with Crippen molar-refractivity contribution in [3.8, 4) is 5.75 Å². The summed E-state index contributed by atoms with van der Waals surface area (Å²) in [6.45, 7) is 0.296. The summed E-state index contributed by atoms with van der Waals surface area (Å²) < 4.78 is 20.3. The molecule has 0 aliphatic carbocycles. The third-order valence-electron chi connectivity index (χ3n) is 3.73. The van der Waals surface area contributed by atoms with Gasteiger partial charge in [-0.05, 0) is 29.8 Å². The normalized spacial score (nSPS) is 10.8. The molecule has 26 heavy (non-hydrogen) atoms. The summed E-state index contributed by atoms with van der Waals surface area (Å²) >= 11 is 0. The van der Waals surface area contributed by atoms with Crippen molar-refractivity contribution >= 4 is 17.8 Å². The summed E-state index contributed by atoms with van der Waals surface area (Å²) in [4.78, 5) is 12.0. The zero-order valence-electron chi connectivity index (χ0n) is 14.2. The molecule has 5 nitrogen and oxygen atoms in total. The Kier molecular flexibility index (Phi) is 5.43. The van der Waals surface area contributed by atoms with Crippen LogP contribution in [0.4, 0.5) is 10.2 Å². The molecule has 0 unspecified atom stereocenters. The van der Waals surface area contributed by atoms with Crippen molar-refractivity contribution < 1.29 is 13.9 Å². The van der Waals surface area contributed by atoms with Gasteiger partial charge in [0.2, 0.25) is 5.91 Å². The fraction of sp³-hybridized carbons (Fsp3) is 0.100. The van der Waals surface area contributed by atoms with Crippen molar-refractivity contribution in [2.75, 3.05) is 12.4 Å². The first-order valence-electron chi connectivity index (χ1n) is 8.04. The summed E-state index contributed by atoms with van der Waals surface area (Å²) in [6.07, 6.45) is 4.82. The van der Waals surface area contributed by atoms with Gasteiger partial charge < -0.3 is 10.1 Å². The number of aromatic nitrogens is 2. The van der Waals surface area contributed by atoms with Crippen LogP contribution in [-0.2, 0) is 11.3 Å². The molecule has 0 aliphatic rings. The lowest BCUT2D eigenvalue weighted by Gasteiger charge is -2.03. The lowest BCUT2D eigenvalue weighted by Crippen LogP contribution is -2.09. The van der Waals surface area contributed by atoms with E-state index in [4.69, 9.17) is 4.74 Å². The Morgan fingerprint density at radius 3 is 2.69 bits per heavy atom. The van der Waals surface area contributed by atoms with Gasteiger partial charge in [0.15, 0.2) is 5.82 Å². The quantitative estimate of drug-likeness (QED) is 0.689. The molecule has 3 aromatic rings. The van der Waals surface area contributed by atoms with E-state index in [2.05, 4.69) is 10.4 Å². The van der Waals surface area contributed by atoms with E-state index in [1.54, 1.807) is 48.3 Å². The Morgan fingerprint density at radius 2 is 1.96 bits per heavy atom. The SMILES string of the molecule is COc1ccc(/C=C/C(=O)Nc2ccn(Cc3ccccc3F)n2)cc1. The highest BCUT2D eigenvalue weighted by Gasteiger charge is 2.05. The number of amides is 1. The molecule has 0 spiro atoms. The van der Waals surface area contributed by atoms with E-state index in [0.717, 1.165) is 11.3 Å². The highest BCUT2D eigenvalue weighted by molar-refractivity contribution is 6.01. The summed E-state index contributed by atoms with van der Waals surface area (Å²) in [5.41, 5.74) is 1.42. The summed E-state index contributed by atoms with van der Waals surface area (Å²) in [7, 11) is 1.60. The smallest absolute Gasteiger partial charge is 0.249 e. The molecule has 0 saturated heterocycles. The topological polar surface area (TPSA) is 56.1 Å². The minimum Gasteiger partial charge on any atom is -0.497 e. The maximum Gasteiger partial charge on any atom is 0.249 e. The molecular weight excluding hydrogens is 333 g/mol. The van der Waals surface area contributed by atoms with E-state index >= 15 is 0 Å².